The highest BCUT2D eigenvalue weighted by molar-refractivity contribution is 7.09. The molecule has 15 heavy (non-hydrogen) atoms. The highest BCUT2D eigenvalue weighted by Crippen LogP contribution is 2.13. The van der Waals surface area contributed by atoms with Gasteiger partial charge in [0.05, 0.1) is 17.2 Å². The number of rotatable bonds is 2. The Bertz CT molecular complexity index is 536. The molecule has 0 spiro atoms. The molecule has 2 aromatic heterocycles. The molecule has 0 N–H and O–H groups in total. The maximum Gasteiger partial charge on any atom is 0.307 e. The van der Waals surface area contributed by atoms with E-state index in [0.717, 1.165) is 21.3 Å². The van der Waals surface area contributed by atoms with E-state index in [-0.39, 0.29) is 4.87 Å². The van der Waals surface area contributed by atoms with Crippen LogP contribution in [0, 0.1) is 20.8 Å². The first-order valence-corrected chi connectivity index (χ1v) is 6.35. The number of hydrogen-bond acceptors (Lipinski definition) is 4. The van der Waals surface area contributed by atoms with Crippen molar-refractivity contribution >= 4 is 22.7 Å². The van der Waals surface area contributed by atoms with Gasteiger partial charge < -0.3 is 0 Å². The Morgan fingerprint density at radius 1 is 1.40 bits per heavy atom. The molecule has 0 aliphatic carbocycles. The third-order valence-corrected chi connectivity index (χ3v) is 4.18. The molecule has 5 heteroatoms. The van der Waals surface area contributed by atoms with Gasteiger partial charge in [0.25, 0.3) is 0 Å². The predicted octanol–water partition coefficient (Wildman–Crippen LogP) is 2.34. The fraction of sp³-hybridized carbons (Fsp3) is 0.400. The first-order valence-electron chi connectivity index (χ1n) is 4.66. The second kappa shape index (κ2) is 3.90. The largest absolute Gasteiger partial charge is 0.307 e. The predicted molar refractivity (Wildman–Crippen MR) is 64.0 cm³/mol. The molecule has 2 aromatic rings. The molecule has 0 saturated heterocycles. The minimum atomic E-state index is 0.107. The van der Waals surface area contributed by atoms with Crippen LogP contribution in [0.4, 0.5) is 0 Å². The van der Waals surface area contributed by atoms with E-state index in [1.54, 1.807) is 15.9 Å². The lowest BCUT2D eigenvalue weighted by atomic mass is 10.4. The Labute approximate surface area is 96.0 Å². The molecule has 0 aromatic carbocycles. The van der Waals surface area contributed by atoms with Gasteiger partial charge in [0.2, 0.25) is 0 Å². The smallest absolute Gasteiger partial charge is 0.297 e. The molecular weight excluding hydrogens is 228 g/mol. The zero-order chi connectivity index (χ0) is 11.0. The summed E-state index contributed by atoms with van der Waals surface area (Å²) in [6, 6.07) is 0. The Kier molecular flexibility index (Phi) is 2.75. The van der Waals surface area contributed by atoms with Crippen LogP contribution in [-0.4, -0.2) is 9.55 Å². The van der Waals surface area contributed by atoms with Crippen molar-refractivity contribution in [3.05, 3.63) is 36.3 Å². The average molecular weight is 240 g/mol. The Morgan fingerprint density at radius 2 is 2.13 bits per heavy atom. The van der Waals surface area contributed by atoms with E-state index in [0.29, 0.717) is 6.54 Å². The molecule has 0 fully saturated rings. The Morgan fingerprint density at radius 3 is 2.60 bits per heavy atom. The topological polar surface area (TPSA) is 34.9 Å². The number of aromatic nitrogens is 2. The van der Waals surface area contributed by atoms with Crippen molar-refractivity contribution in [2.75, 3.05) is 0 Å². The SMILES string of the molecule is Cc1nc(Cn2c(C)c(C)sc2=O)cs1. The lowest BCUT2D eigenvalue weighted by Gasteiger charge is -2.01. The Hall–Kier alpha value is -0.940. The summed E-state index contributed by atoms with van der Waals surface area (Å²) in [6.07, 6.45) is 0. The summed E-state index contributed by atoms with van der Waals surface area (Å²) in [4.78, 5) is 17.2. The third-order valence-electron chi connectivity index (χ3n) is 2.36. The first-order chi connectivity index (χ1) is 7.08. The standard InChI is InChI=1S/C10H12N2OS2/c1-6-7(2)15-10(13)12(6)4-9-5-14-8(3)11-9/h5H,4H2,1-3H3. The van der Waals surface area contributed by atoms with Crippen molar-refractivity contribution in [3.8, 4) is 0 Å². The normalized spacial score (nSPS) is 10.9. The minimum Gasteiger partial charge on any atom is -0.297 e. The number of thiazole rings is 2. The van der Waals surface area contributed by atoms with Gasteiger partial charge in [-0.2, -0.15) is 0 Å². The fourth-order valence-electron chi connectivity index (χ4n) is 1.41. The molecule has 80 valence electrons. The molecular formula is C10H12N2OS2. The van der Waals surface area contributed by atoms with Gasteiger partial charge in [0.15, 0.2) is 0 Å². The third kappa shape index (κ3) is 2.03. The number of aryl methyl sites for hydroxylation is 2. The van der Waals surface area contributed by atoms with Gasteiger partial charge in [-0.3, -0.25) is 9.36 Å². The maximum absolute atomic E-state index is 11.6. The van der Waals surface area contributed by atoms with Crippen molar-refractivity contribution in [2.45, 2.75) is 27.3 Å². The average Bonchev–Trinajstić information content (AvgIpc) is 2.67. The lowest BCUT2D eigenvalue weighted by Crippen LogP contribution is -2.15. The minimum absolute atomic E-state index is 0.107. The van der Waals surface area contributed by atoms with Crippen LogP contribution >= 0.6 is 22.7 Å². The molecule has 0 atom stereocenters. The monoisotopic (exact) mass is 240 g/mol. The lowest BCUT2D eigenvalue weighted by molar-refractivity contribution is 0.735. The second-order valence-corrected chi connectivity index (χ2v) is 5.68. The zero-order valence-electron chi connectivity index (χ0n) is 8.90. The molecule has 0 radical (unpaired) electrons. The summed E-state index contributed by atoms with van der Waals surface area (Å²) in [5, 5.41) is 3.05. The first kappa shape index (κ1) is 10.6. The van der Waals surface area contributed by atoms with Crippen molar-refractivity contribution in [1.82, 2.24) is 9.55 Å². The summed E-state index contributed by atoms with van der Waals surface area (Å²) in [5.74, 6) is 0. The van der Waals surface area contributed by atoms with Gasteiger partial charge >= 0.3 is 4.87 Å². The molecule has 0 aliphatic rings. The van der Waals surface area contributed by atoms with Crippen molar-refractivity contribution in [1.29, 1.82) is 0 Å². The molecule has 0 saturated carbocycles. The molecule has 0 amide bonds. The van der Waals surface area contributed by atoms with Crippen LogP contribution in [0.25, 0.3) is 0 Å². The summed E-state index contributed by atoms with van der Waals surface area (Å²) >= 11 is 2.92. The highest BCUT2D eigenvalue weighted by Gasteiger charge is 2.08. The molecule has 2 heterocycles. The molecule has 0 unspecified atom stereocenters. The van der Waals surface area contributed by atoms with E-state index < -0.39 is 0 Å². The van der Waals surface area contributed by atoms with Crippen LogP contribution in [0.1, 0.15) is 21.3 Å². The summed E-state index contributed by atoms with van der Waals surface area (Å²) in [5.41, 5.74) is 2.02. The highest BCUT2D eigenvalue weighted by atomic mass is 32.1. The van der Waals surface area contributed by atoms with Gasteiger partial charge in [-0.1, -0.05) is 11.3 Å². The van der Waals surface area contributed by atoms with Crippen LogP contribution in [0.15, 0.2) is 10.2 Å². The van der Waals surface area contributed by atoms with Crippen LogP contribution in [-0.2, 0) is 6.54 Å². The Balaban J connectivity index is 2.36. The van der Waals surface area contributed by atoms with E-state index in [1.165, 1.54) is 11.3 Å². The van der Waals surface area contributed by atoms with Gasteiger partial charge in [0.1, 0.15) is 0 Å². The van der Waals surface area contributed by atoms with E-state index >= 15 is 0 Å². The van der Waals surface area contributed by atoms with Crippen LogP contribution in [0.5, 0.6) is 0 Å². The summed E-state index contributed by atoms with van der Waals surface area (Å²) < 4.78 is 1.79. The van der Waals surface area contributed by atoms with E-state index in [2.05, 4.69) is 4.98 Å². The van der Waals surface area contributed by atoms with Gasteiger partial charge in [0, 0.05) is 16.0 Å². The number of nitrogens with zero attached hydrogens (tertiary/aromatic N) is 2. The fourth-order valence-corrected chi connectivity index (χ4v) is 2.85. The van der Waals surface area contributed by atoms with Gasteiger partial charge in [-0.05, 0) is 20.8 Å². The van der Waals surface area contributed by atoms with Crippen LogP contribution in [0.2, 0.25) is 0 Å². The quantitative estimate of drug-likeness (QED) is 0.807. The van der Waals surface area contributed by atoms with Crippen molar-refractivity contribution < 1.29 is 0 Å². The van der Waals surface area contributed by atoms with Crippen LogP contribution < -0.4 is 4.87 Å². The van der Waals surface area contributed by atoms with Crippen molar-refractivity contribution in [3.63, 3.8) is 0 Å². The van der Waals surface area contributed by atoms with Gasteiger partial charge in [-0.15, -0.1) is 11.3 Å². The van der Waals surface area contributed by atoms with Crippen LogP contribution in [0.3, 0.4) is 0 Å². The van der Waals surface area contributed by atoms with E-state index in [9.17, 15) is 4.79 Å². The molecule has 0 bridgehead atoms. The number of hydrogen-bond donors (Lipinski definition) is 0. The molecule has 2 rings (SSSR count). The molecule has 0 aliphatic heterocycles. The van der Waals surface area contributed by atoms with E-state index in [4.69, 9.17) is 0 Å². The zero-order valence-corrected chi connectivity index (χ0v) is 10.5. The molecule has 3 nitrogen and oxygen atoms in total. The summed E-state index contributed by atoms with van der Waals surface area (Å²) in [7, 11) is 0. The maximum atomic E-state index is 11.6. The van der Waals surface area contributed by atoms with E-state index in [1.807, 2.05) is 26.2 Å². The van der Waals surface area contributed by atoms with Crippen molar-refractivity contribution in [2.24, 2.45) is 0 Å². The second-order valence-electron chi connectivity index (χ2n) is 3.45. The van der Waals surface area contributed by atoms with Gasteiger partial charge in [-0.25, -0.2) is 4.98 Å². The summed E-state index contributed by atoms with van der Waals surface area (Å²) in [6.45, 7) is 6.53.